The minimum atomic E-state index is -0.839. The Balaban J connectivity index is 1.48. The van der Waals surface area contributed by atoms with Crippen LogP contribution in [0.2, 0.25) is 0 Å². The second-order valence-corrected chi connectivity index (χ2v) is 9.24. The standard InChI is InChI=1S/C26H30N2O6/c1-32-19-7-4-17(5-8-19)20-13-27(15-24(29)28-10-2-3-11-28)14-21(25(20)26(30)31)18-6-9-22-23(12-18)34-16-33-22/h4-9,12,20-21,25H,2-3,10-11,13-16H2,1H3,(H,30,31)/t20-,21-,25-/m1/s1. The number of aliphatic carboxylic acids is 1. The molecular weight excluding hydrogens is 436 g/mol. The third kappa shape index (κ3) is 4.42. The van der Waals surface area contributed by atoms with Gasteiger partial charge in [0.2, 0.25) is 12.7 Å². The van der Waals surface area contributed by atoms with Crippen LogP contribution >= 0.6 is 0 Å². The van der Waals surface area contributed by atoms with Crippen LogP contribution in [-0.4, -0.2) is 73.4 Å². The third-order valence-corrected chi connectivity index (χ3v) is 7.25. The summed E-state index contributed by atoms with van der Waals surface area (Å²) in [6.07, 6.45) is 2.09. The zero-order chi connectivity index (χ0) is 23.7. The lowest BCUT2D eigenvalue weighted by Gasteiger charge is -2.42. The number of hydrogen-bond acceptors (Lipinski definition) is 6. The van der Waals surface area contributed by atoms with Crippen LogP contribution in [0.5, 0.6) is 17.2 Å². The van der Waals surface area contributed by atoms with Gasteiger partial charge < -0.3 is 24.2 Å². The number of amides is 1. The van der Waals surface area contributed by atoms with Crippen LogP contribution in [0.3, 0.4) is 0 Å². The van der Waals surface area contributed by atoms with E-state index in [1.165, 1.54) is 0 Å². The van der Waals surface area contributed by atoms with Crippen LogP contribution in [0.4, 0.5) is 0 Å². The molecule has 1 amide bonds. The van der Waals surface area contributed by atoms with Crippen LogP contribution in [0.25, 0.3) is 0 Å². The number of carboxylic acids is 1. The normalized spacial score (nSPS) is 24.3. The Morgan fingerprint density at radius 2 is 1.62 bits per heavy atom. The summed E-state index contributed by atoms with van der Waals surface area (Å²) in [6, 6.07) is 13.2. The molecule has 0 aliphatic carbocycles. The molecule has 34 heavy (non-hydrogen) atoms. The highest BCUT2D eigenvalue weighted by atomic mass is 16.7. The minimum absolute atomic E-state index is 0.115. The van der Waals surface area contributed by atoms with Crippen LogP contribution in [0.15, 0.2) is 42.5 Å². The number of rotatable bonds is 6. The smallest absolute Gasteiger partial charge is 0.307 e. The van der Waals surface area contributed by atoms with E-state index in [4.69, 9.17) is 14.2 Å². The van der Waals surface area contributed by atoms with Crippen LogP contribution in [-0.2, 0) is 9.59 Å². The van der Waals surface area contributed by atoms with E-state index in [1.54, 1.807) is 7.11 Å². The first-order valence-electron chi connectivity index (χ1n) is 11.8. The number of carboxylic acid groups (broad SMARTS) is 1. The van der Waals surface area contributed by atoms with Gasteiger partial charge in [0.25, 0.3) is 0 Å². The summed E-state index contributed by atoms with van der Waals surface area (Å²) < 4.78 is 16.3. The number of benzene rings is 2. The molecular formula is C26H30N2O6. The number of likely N-dealkylation sites (tertiary alicyclic amines) is 2. The van der Waals surface area contributed by atoms with Crippen molar-refractivity contribution in [3.8, 4) is 17.2 Å². The lowest BCUT2D eigenvalue weighted by atomic mass is 9.71. The van der Waals surface area contributed by atoms with Gasteiger partial charge in [0.05, 0.1) is 19.6 Å². The second kappa shape index (κ2) is 9.54. The van der Waals surface area contributed by atoms with Gasteiger partial charge >= 0.3 is 5.97 Å². The summed E-state index contributed by atoms with van der Waals surface area (Å²) in [4.78, 5) is 29.6. The molecule has 0 saturated carbocycles. The lowest BCUT2D eigenvalue weighted by Crippen LogP contribution is -2.50. The Hall–Kier alpha value is -3.26. The summed E-state index contributed by atoms with van der Waals surface area (Å²) >= 11 is 0. The summed E-state index contributed by atoms with van der Waals surface area (Å²) in [7, 11) is 1.61. The fourth-order valence-corrected chi connectivity index (χ4v) is 5.49. The predicted molar refractivity (Wildman–Crippen MR) is 124 cm³/mol. The molecule has 1 N–H and O–H groups in total. The number of nitrogens with zero attached hydrogens (tertiary/aromatic N) is 2. The van der Waals surface area contributed by atoms with Crippen molar-refractivity contribution in [1.29, 1.82) is 0 Å². The molecule has 2 saturated heterocycles. The molecule has 180 valence electrons. The number of hydrogen-bond donors (Lipinski definition) is 1. The fraction of sp³-hybridized carbons (Fsp3) is 0.462. The van der Waals surface area contributed by atoms with Crippen molar-refractivity contribution >= 4 is 11.9 Å². The van der Waals surface area contributed by atoms with Crippen molar-refractivity contribution in [3.05, 3.63) is 53.6 Å². The highest BCUT2D eigenvalue weighted by molar-refractivity contribution is 5.79. The number of carbonyl (C=O) groups is 2. The number of ether oxygens (including phenoxy) is 3. The van der Waals surface area contributed by atoms with E-state index in [9.17, 15) is 14.7 Å². The molecule has 2 aromatic carbocycles. The van der Waals surface area contributed by atoms with Crippen molar-refractivity contribution in [2.75, 3.05) is 46.6 Å². The topological polar surface area (TPSA) is 88.5 Å². The van der Waals surface area contributed by atoms with E-state index in [2.05, 4.69) is 4.90 Å². The molecule has 3 aliphatic heterocycles. The summed E-state index contributed by atoms with van der Waals surface area (Å²) in [6.45, 7) is 3.05. The zero-order valence-corrected chi connectivity index (χ0v) is 19.3. The van der Waals surface area contributed by atoms with Gasteiger partial charge in [0.15, 0.2) is 11.5 Å². The third-order valence-electron chi connectivity index (χ3n) is 7.25. The van der Waals surface area contributed by atoms with Gasteiger partial charge in [-0.3, -0.25) is 14.5 Å². The maximum Gasteiger partial charge on any atom is 0.307 e. The Labute approximate surface area is 199 Å². The van der Waals surface area contributed by atoms with Crippen molar-refractivity contribution in [1.82, 2.24) is 9.80 Å². The maximum atomic E-state index is 13.0. The van der Waals surface area contributed by atoms with E-state index < -0.39 is 11.9 Å². The Bertz CT molecular complexity index is 1050. The zero-order valence-electron chi connectivity index (χ0n) is 19.3. The molecule has 3 heterocycles. The summed E-state index contributed by atoms with van der Waals surface area (Å²) in [5.41, 5.74) is 1.81. The molecule has 2 aromatic rings. The first-order valence-corrected chi connectivity index (χ1v) is 11.8. The highest BCUT2D eigenvalue weighted by Crippen LogP contribution is 2.44. The average molecular weight is 467 g/mol. The first kappa shape index (κ1) is 22.5. The van der Waals surface area contributed by atoms with Crippen LogP contribution in [0.1, 0.15) is 35.8 Å². The molecule has 8 heteroatoms. The summed E-state index contributed by atoms with van der Waals surface area (Å²) in [5.74, 6) is 0.0650. The van der Waals surface area contributed by atoms with Crippen molar-refractivity contribution in [2.24, 2.45) is 5.92 Å². The number of carbonyl (C=O) groups excluding carboxylic acids is 1. The van der Waals surface area contributed by atoms with Gasteiger partial charge in [-0.05, 0) is 48.2 Å². The van der Waals surface area contributed by atoms with Crippen molar-refractivity contribution < 1.29 is 28.9 Å². The molecule has 3 atom stereocenters. The van der Waals surface area contributed by atoms with Gasteiger partial charge in [-0.2, -0.15) is 0 Å². The van der Waals surface area contributed by atoms with Gasteiger partial charge in [0, 0.05) is 38.0 Å². The molecule has 0 radical (unpaired) electrons. The van der Waals surface area contributed by atoms with Crippen LogP contribution < -0.4 is 14.2 Å². The summed E-state index contributed by atoms with van der Waals surface area (Å²) in [5, 5.41) is 10.4. The van der Waals surface area contributed by atoms with E-state index >= 15 is 0 Å². The number of methoxy groups -OCH3 is 1. The quantitative estimate of drug-likeness (QED) is 0.700. The van der Waals surface area contributed by atoms with E-state index in [-0.39, 0.29) is 24.5 Å². The maximum absolute atomic E-state index is 13.0. The molecule has 2 fully saturated rings. The van der Waals surface area contributed by atoms with E-state index in [0.717, 1.165) is 42.8 Å². The molecule has 0 bridgehead atoms. The van der Waals surface area contributed by atoms with E-state index in [1.807, 2.05) is 47.4 Å². The molecule has 0 aromatic heterocycles. The second-order valence-electron chi connectivity index (χ2n) is 9.24. The SMILES string of the molecule is COc1ccc([C@H]2CN(CC(=O)N3CCCC3)C[C@H](c3ccc4c(c3)OCO4)[C@@H]2C(=O)O)cc1. The van der Waals surface area contributed by atoms with Gasteiger partial charge in [-0.25, -0.2) is 0 Å². The average Bonchev–Trinajstić information content (AvgIpc) is 3.55. The molecule has 3 aliphatic rings. The van der Waals surface area contributed by atoms with Crippen molar-refractivity contribution in [3.63, 3.8) is 0 Å². The monoisotopic (exact) mass is 466 g/mol. The number of piperidine rings is 1. The van der Waals surface area contributed by atoms with Crippen LogP contribution in [0, 0.1) is 5.92 Å². The lowest BCUT2D eigenvalue weighted by molar-refractivity contribution is -0.145. The molecule has 5 rings (SSSR count). The molecule has 8 nitrogen and oxygen atoms in total. The minimum Gasteiger partial charge on any atom is -0.497 e. The number of fused-ring (bicyclic) bond motifs is 1. The predicted octanol–water partition coefficient (Wildman–Crippen LogP) is 2.93. The van der Waals surface area contributed by atoms with Gasteiger partial charge in [-0.1, -0.05) is 18.2 Å². The fourth-order valence-electron chi connectivity index (χ4n) is 5.49. The molecule has 0 spiro atoms. The largest absolute Gasteiger partial charge is 0.497 e. The first-order chi connectivity index (χ1) is 16.5. The van der Waals surface area contributed by atoms with Gasteiger partial charge in [0.1, 0.15) is 5.75 Å². The van der Waals surface area contributed by atoms with E-state index in [0.29, 0.717) is 31.1 Å². The van der Waals surface area contributed by atoms with Gasteiger partial charge in [-0.15, -0.1) is 0 Å². The van der Waals surface area contributed by atoms with Crippen molar-refractivity contribution in [2.45, 2.75) is 24.7 Å². The Morgan fingerprint density at radius 1 is 0.971 bits per heavy atom. The highest BCUT2D eigenvalue weighted by Gasteiger charge is 2.43. The Kier molecular flexibility index (Phi) is 6.32. The Morgan fingerprint density at radius 3 is 2.29 bits per heavy atom. The molecule has 0 unspecified atom stereocenters.